The minimum Gasteiger partial charge on any atom is -0.379 e. The Labute approximate surface area is 151 Å². The zero-order valence-electron chi connectivity index (χ0n) is 15.0. The van der Waals surface area contributed by atoms with Crippen LogP contribution in [0.25, 0.3) is 10.9 Å². The third kappa shape index (κ3) is 3.20. The summed E-state index contributed by atoms with van der Waals surface area (Å²) in [6, 6.07) is 1.69. The number of rotatable bonds is 6. The first kappa shape index (κ1) is 17.4. The molecular formula is C18H25N5O3. The Bertz CT molecular complexity index is 812. The van der Waals surface area contributed by atoms with E-state index in [0.717, 1.165) is 52.3 Å². The second kappa shape index (κ2) is 7.30. The molecule has 1 saturated heterocycles. The lowest BCUT2D eigenvalue weighted by molar-refractivity contribution is -0.121. The van der Waals surface area contributed by atoms with E-state index >= 15 is 0 Å². The van der Waals surface area contributed by atoms with Gasteiger partial charge in [0.15, 0.2) is 5.82 Å². The third-order valence-corrected chi connectivity index (χ3v) is 5.44. The fourth-order valence-electron chi connectivity index (χ4n) is 4.07. The molecule has 26 heavy (non-hydrogen) atoms. The third-order valence-electron chi connectivity index (χ3n) is 5.44. The van der Waals surface area contributed by atoms with E-state index in [1.54, 1.807) is 12.3 Å². The van der Waals surface area contributed by atoms with Crippen LogP contribution in [0.5, 0.6) is 0 Å². The van der Waals surface area contributed by atoms with Crippen LogP contribution in [0.4, 0.5) is 5.82 Å². The van der Waals surface area contributed by atoms with Crippen molar-refractivity contribution in [1.82, 2.24) is 19.9 Å². The first-order valence-electron chi connectivity index (χ1n) is 9.22. The molecule has 0 unspecified atom stereocenters. The van der Waals surface area contributed by atoms with Gasteiger partial charge in [0, 0.05) is 38.0 Å². The van der Waals surface area contributed by atoms with E-state index < -0.39 is 0 Å². The highest BCUT2D eigenvalue weighted by molar-refractivity contribution is 5.86. The quantitative estimate of drug-likeness (QED) is 0.795. The van der Waals surface area contributed by atoms with Gasteiger partial charge in [-0.1, -0.05) is 0 Å². The number of fused-ring (bicyclic) bond motifs is 1. The zero-order chi connectivity index (χ0) is 18.0. The molecule has 0 radical (unpaired) electrons. The van der Waals surface area contributed by atoms with Gasteiger partial charge in [0.1, 0.15) is 5.52 Å². The number of nitrogens with one attached hydrogen (secondary N) is 2. The first-order chi connectivity index (χ1) is 12.7. The van der Waals surface area contributed by atoms with E-state index in [1.807, 2.05) is 6.92 Å². The van der Waals surface area contributed by atoms with Crippen molar-refractivity contribution in [2.24, 2.45) is 0 Å². The molecule has 1 aliphatic heterocycles. The summed E-state index contributed by atoms with van der Waals surface area (Å²) in [6.07, 6.45) is 5.36. The fraction of sp³-hybridized carbons (Fsp3) is 0.611. The molecule has 1 aliphatic carbocycles. The highest BCUT2D eigenvalue weighted by atomic mass is 16.5. The first-order valence-corrected chi connectivity index (χ1v) is 9.22. The van der Waals surface area contributed by atoms with Gasteiger partial charge in [-0.2, -0.15) is 0 Å². The van der Waals surface area contributed by atoms with Crippen molar-refractivity contribution in [3.8, 4) is 0 Å². The average Bonchev–Trinajstić information content (AvgIpc) is 2.65. The lowest BCUT2D eigenvalue weighted by atomic mass is 9.72. The Balaban J connectivity index is 1.54. The zero-order valence-corrected chi connectivity index (χ0v) is 15.0. The predicted octanol–water partition coefficient (Wildman–Crippen LogP) is 1.000. The van der Waals surface area contributed by atoms with Gasteiger partial charge in [0.25, 0.3) is 5.56 Å². The largest absolute Gasteiger partial charge is 0.379 e. The molecule has 1 saturated carbocycles. The van der Waals surface area contributed by atoms with Gasteiger partial charge in [-0.3, -0.25) is 9.69 Å². The van der Waals surface area contributed by atoms with E-state index in [0.29, 0.717) is 22.8 Å². The average molecular weight is 359 g/mol. The summed E-state index contributed by atoms with van der Waals surface area (Å²) in [6.45, 7) is 6.93. The van der Waals surface area contributed by atoms with E-state index in [1.165, 1.54) is 6.33 Å². The van der Waals surface area contributed by atoms with Crippen molar-refractivity contribution in [3.63, 3.8) is 0 Å². The number of nitrogens with zero attached hydrogens (tertiary/aromatic N) is 3. The summed E-state index contributed by atoms with van der Waals surface area (Å²) in [4.78, 5) is 25.8. The van der Waals surface area contributed by atoms with E-state index in [-0.39, 0.29) is 11.1 Å². The SMILES string of the molecule is CCOC1CC(CNc2nccc3c(=O)[nH]cnc23)(N2CCOCC2)C1. The summed E-state index contributed by atoms with van der Waals surface area (Å²) in [5.41, 5.74) is 0.492. The fourth-order valence-corrected chi connectivity index (χ4v) is 4.07. The van der Waals surface area contributed by atoms with Gasteiger partial charge in [0.05, 0.1) is 31.0 Å². The number of hydrogen-bond acceptors (Lipinski definition) is 7. The molecule has 8 heteroatoms. The number of morpholine rings is 1. The normalized spacial score (nSPS) is 26.6. The van der Waals surface area contributed by atoms with Crippen molar-refractivity contribution < 1.29 is 9.47 Å². The highest BCUT2D eigenvalue weighted by Gasteiger charge is 2.49. The van der Waals surface area contributed by atoms with Crippen molar-refractivity contribution in [3.05, 3.63) is 28.9 Å². The van der Waals surface area contributed by atoms with Gasteiger partial charge < -0.3 is 19.8 Å². The molecule has 2 N–H and O–H groups in total. The second-order valence-electron chi connectivity index (χ2n) is 6.95. The standard InChI is InChI=1S/C18H25N5O3/c1-2-26-13-9-18(10-13,23-5-7-25-8-6-23)11-20-16-15-14(3-4-19-16)17(24)22-12-21-15/h3-4,12-13H,2,5-11H2,1H3,(H,19,20)(H,21,22,24). The van der Waals surface area contributed by atoms with Crippen LogP contribution >= 0.6 is 0 Å². The molecule has 140 valence electrons. The van der Waals surface area contributed by atoms with Crippen LogP contribution < -0.4 is 10.9 Å². The predicted molar refractivity (Wildman–Crippen MR) is 98.4 cm³/mol. The van der Waals surface area contributed by atoms with Crippen LogP contribution in [0.1, 0.15) is 19.8 Å². The van der Waals surface area contributed by atoms with Gasteiger partial charge in [-0.15, -0.1) is 0 Å². The monoisotopic (exact) mass is 359 g/mol. The Kier molecular flexibility index (Phi) is 4.88. The Morgan fingerprint density at radius 1 is 1.38 bits per heavy atom. The van der Waals surface area contributed by atoms with Crippen LogP contribution in [0.3, 0.4) is 0 Å². The lowest BCUT2D eigenvalue weighted by Gasteiger charge is -2.55. The minimum absolute atomic E-state index is 0.0364. The number of anilines is 1. The minimum atomic E-state index is -0.150. The molecule has 8 nitrogen and oxygen atoms in total. The van der Waals surface area contributed by atoms with Gasteiger partial charge >= 0.3 is 0 Å². The maximum absolute atomic E-state index is 12.0. The molecule has 2 aliphatic rings. The summed E-state index contributed by atoms with van der Waals surface area (Å²) < 4.78 is 11.3. The Morgan fingerprint density at radius 3 is 2.96 bits per heavy atom. The van der Waals surface area contributed by atoms with Crippen LogP contribution in [0.2, 0.25) is 0 Å². The maximum Gasteiger partial charge on any atom is 0.258 e. The molecule has 2 aromatic rings. The molecular weight excluding hydrogens is 334 g/mol. The Hall–Kier alpha value is -2.03. The Morgan fingerprint density at radius 2 is 2.19 bits per heavy atom. The maximum atomic E-state index is 12.0. The number of hydrogen-bond donors (Lipinski definition) is 2. The number of aromatic amines is 1. The molecule has 0 amide bonds. The van der Waals surface area contributed by atoms with Crippen molar-refractivity contribution in [2.45, 2.75) is 31.4 Å². The topological polar surface area (TPSA) is 92.4 Å². The van der Waals surface area contributed by atoms with Crippen molar-refractivity contribution in [1.29, 1.82) is 0 Å². The van der Waals surface area contributed by atoms with Crippen molar-refractivity contribution in [2.75, 3.05) is 44.8 Å². The van der Waals surface area contributed by atoms with Gasteiger partial charge in [-0.25, -0.2) is 9.97 Å². The van der Waals surface area contributed by atoms with Gasteiger partial charge in [-0.05, 0) is 25.8 Å². The molecule has 0 bridgehead atoms. The smallest absolute Gasteiger partial charge is 0.258 e. The van der Waals surface area contributed by atoms with Crippen LogP contribution in [-0.2, 0) is 9.47 Å². The molecule has 0 atom stereocenters. The highest BCUT2D eigenvalue weighted by Crippen LogP contribution is 2.40. The van der Waals surface area contributed by atoms with E-state index in [9.17, 15) is 4.79 Å². The molecule has 4 rings (SSSR count). The van der Waals surface area contributed by atoms with E-state index in [4.69, 9.17) is 9.47 Å². The van der Waals surface area contributed by atoms with E-state index in [2.05, 4.69) is 25.2 Å². The number of H-pyrrole nitrogens is 1. The summed E-state index contributed by atoms with van der Waals surface area (Å²) in [7, 11) is 0. The van der Waals surface area contributed by atoms with Gasteiger partial charge in [0.2, 0.25) is 0 Å². The molecule has 0 aromatic carbocycles. The molecule has 3 heterocycles. The lowest BCUT2D eigenvalue weighted by Crippen LogP contribution is -2.65. The summed E-state index contributed by atoms with van der Waals surface area (Å²) >= 11 is 0. The molecule has 2 aromatic heterocycles. The summed E-state index contributed by atoms with van der Waals surface area (Å²) in [5.74, 6) is 0.654. The number of ether oxygens (including phenoxy) is 2. The second-order valence-corrected chi connectivity index (χ2v) is 6.95. The molecule has 2 fully saturated rings. The van der Waals surface area contributed by atoms with Crippen LogP contribution in [0, 0.1) is 0 Å². The summed E-state index contributed by atoms with van der Waals surface area (Å²) in [5, 5.41) is 4.00. The van der Waals surface area contributed by atoms with Crippen LogP contribution in [-0.4, -0.2) is 70.9 Å². The number of pyridine rings is 1. The molecule has 0 spiro atoms. The van der Waals surface area contributed by atoms with Crippen molar-refractivity contribution >= 4 is 16.7 Å². The van der Waals surface area contributed by atoms with Crippen LogP contribution in [0.15, 0.2) is 23.4 Å². The number of aromatic nitrogens is 3.